The van der Waals surface area contributed by atoms with Gasteiger partial charge in [0.1, 0.15) is 22.8 Å². The molecule has 4 aromatic rings. The molecule has 2 aromatic heterocycles. The number of nitrogens with zero attached hydrogens (tertiary/aromatic N) is 3. The first-order chi connectivity index (χ1) is 17.9. The number of carbonyl (C=O) groups is 1. The Morgan fingerprint density at radius 1 is 1.14 bits per heavy atom. The van der Waals surface area contributed by atoms with E-state index in [1.54, 1.807) is 6.07 Å². The molecule has 0 spiro atoms. The zero-order valence-electron chi connectivity index (χ0n) is 20.8. The summed E-state index contributed by atoms with van der Waals surface area (Å²) < 4.78 is 7.77. The fourth-order valence-corrected chi connectivity index (χ4v) is 4.52. The third kappa shape index (κ3) is 6.31. The number of benzene rings is 2. The number of ether oxygens (including phenoxy) is 1. The number of unbranched alkanes of at least 4 members (excludes halogenated alkanes) is 1. The Kier molecular flexibility index (Phi) is 8.83. The number of aromatic hydroxyl groups is 2. The number of fused-ring (bicyclic) bond motifs is 3. The van der Waals surface area contributed by atoms with E-state index in [4.69, 9.17) is 15.5 Å². The number of halogens is 1. The number of hydrogen-bond acceptors (Lipinski definition) is 7. The van der Waals surface area contributed by atoms with Crippen molar-refractivity contribution in [2.75, 3.05) is 30.8 Å². The van der Waals surface area contributed by atoms with E-state index in [0.717, 1.165) is 47.1 Å². The summed E-state index contributed by atoms with van der Waals surface area (Å²) in [5.41, 5.74) is 10.3. The Morgan fingerprint density at radius 2 is 1.97 bits per heavy atom. The average molecular weight is 570 g/mol. The third-order valence-corrected chi connectivity index (χ3v) is 6.73. The van der Waals surface area contributed by atoms with Gasteiger partial charge in [0.2, 0.25) is 5.91 Å². The van der Waals surface area contributed by atoms with Crippen LogP contribution in [0.3, 0.4) is 0 Å². The summed E-state index contributed by atoms with van der Waals surface area (Å²) in [5, 5.41) is 24.4. The molecule has 196 valence electrons. The molecule has 0 aliphatic carbocycles. The summed E-state index contributed by atoms with van der Waals surface area (Å²) in [7, 11) is 0. The van der Waals surface area contributed by atoms with Crippen molar-refractivity contribution in [2.45, 2.75) is 39.2 Å². The molecule has 1 amide bonds. The van der Waals surface area contributed by atoms with Crippen LogP contribution in [0.5, 0.6) is 11.5 Å². The van der Waals surface area contributed by atoms with Gasteiger partial charge in [0.15, 0.2) is 5.82 Å². The maximum Gasteiger partial charge on any atom is 0.230 e. The summed E-state index contributed by atoms with van der Waals surface area (Å²) in [6.07, 6.45) is 3.42. The van der Waals surface area contributed by atoms with Gasteiger partial charge in [-0.2, -0.15) is 0 Å². The van der Waals surface area contributed by atoms with Crippen molar-refractivity contribution in [3.63, 3.8) is 0 Å². The number of nitrogens with one attached hydrogen (secondary N) is 1. The standard InChI is InChI=1S/C27H32BrN5O4/c1-2-3-4-23-32-25-26(33(23)16-18-14-19(34)6-8-22(18)35)20-13-17(5-7-21(20)31-27(25)29)9-11-37-12-10-30-24(36)15-28/h5-8,13-14,34-35H,2-4,9-12,15-16H2,1H3,(H2,29,31)(H,30,36). The number of anilines is 1. The van der Waals surface area contributed by atoms with E-state index >= 15 is 0 Å². The molecule has 0 bridgehead atoms. The molecule has 0 aliphatic heterocycles. The molecule has 0 aliphatic rings. The number of pyridine rings is 1. The van der Waals surface area contributed by atoms with Crippen LogP contribution in [0.2, 0.25) is 0 Å². The molecule has 2 aromatic carbocycles. The second-order valence-corrected chi connectivity index (χ2v) is 9.48. The lowest BCUT2D eigenvalue weighted by molar-refractivity contribution is -0.118. The molecule has 0 fully saturated rings. The fourth-order valence-electron chi connectivity index (χ4n) is 4.33. The zero-order chi connectivity index (χ0) is 26.4. The number of aromatic nitrogens is 3. The number of alkyl halides is 1. The van der Waals surface area contributed by atoms with Gasteiger partial charge >= 0.3 is 0 Å². The first-order valence-electron chi connectivity index (χ1n) is 12.4. The summed E-state index contributed by atoms with van der Waals surface area (Å²) in [4.78, 5) is 20.8. The predicted octanol–water partition coefficient (Wildman–Crippen LogP) is 4.04. The van der Waals surface area contributed by atoms with E-state index in [1.807, 2.05) is 12.1 Å². The van der Waals surface area contributed by atoms with E-state index in [9.17, 15) is 15.0 Å². The van der Waals surface area contributed by atoms with Gasteiger partial charge in [0, 0.05) is 23.9 Å². The van der Waals surface area contributed by atoms with E-state index in [1.165, 1.54) is 12.1 Å². The third-order valence-electron chi connectivity index (χ3n) is 6.22. The number of nitrogens with two attached hydrogens (primary N) is 1. The molecule has 0 unspecified atom stereocenters. The minimum Gasteiger partial charge on any atom is -0.508 e. The van der Waals surface area contributed by atoms with Crippen molar-refractivity contribution >= 4 is 49.6 Å². The number of imidazole rings is 1. The fraction of sp³-hybridized carbons (Fsp3) is 0.370. The highest BCUT2D eigenvalue weighted by Crippen LogP contribution is 2.32. The number of phenols is 2. The molecule has 0 saturated carbocycles. The largest absolute Gasteiger partial charge is 0.508 e. The van der Waals surface area contributed by atoms with Crippen molar-refractivity contribution in [3.05, 3.63) is 53.3 Å². The SMILES string of the molecule is CCCCc1nc2c(N)nc3ccc(CCOCCNC(=O)CBr)cc3c2n1Cc1cc(O)ccc1O. The Labute approximate surface area is 223 Å². The van der Waals surface area contributed by atoms with Gasteiger partial charge in [0.05, 0.1) is 36.1 Å². The molecule has 37 heavy (non-hydrogen) atoms. The molecule has 0 saturated heterocycles. The summed E-state index contributed by atoms with van der Waals surface area (Å²) in [6, 6.07) is 10.6. The van der Waals surface area contributed by atoms with E-state index in [2.05, 4.69) is 43.8 Å². The van der Waals surface area contributed by atoms with E-state index in [0.29, 0.717) is 49.6 Å². The lowest BCUT2D eigenvalue weighted by Crippen LogP contribution is -2.28. The van der Waals surface area contributed by atoms with Gasteiger partial charge in [-0.15, -0.1) is 0 Å². The predicted molar refractivity (Wildman–Crippen MR) is 148 cm³/mol. The molecular weight excluding hydrogens is 538 g/mol. The number of aryl methyl sites for hydroxylation is 1. The monoisotopic (exact) mass is 569 g/mol. The van der Waals surface area contributed by atoms with Crippen LogP contribution in [0.15, 0.2) is 36.4 Å². The first kappa shape index (κ1) is 26.7. The highest BCUT2D eigenvalue weighted by atomic mass is 79.9. The Balaban J connectivity index is 1.68. The molecule has 0 radical (unpaired) electrons. The Bertz CT molecular complexity index is 1410. The second kappa shape index (κ2) is 12.2. The van der Waals surface area contributed by atoms with Crippen molar-refractivity contribution in [1.29, 1.82) is 0 Å². The maximum atomic E-state index is 11.3. The van der Waals surface area contributed by atoms with Gasteiger partial charge in [-0.1, -0.05) is 35.3 Å². The smallest absolute Gasteiger partial charge is 0.230 e. The Morgan fingerprint density at radius 3 is 2.76 bits per heavy atom. The van der Waals surface area contributed by atoms with Crippen LogP contribution in [0, 0.1) is 0 Å². The summed E-state index contributed by atoms with van der Waals surface area (Å²) in [6.45, 7) is 3.88. The number of amides is 1. The van der Waals surface area contributed by atoms with Gasteiger partial charge in [0.25, 0.3) is 0 Å². The molecule has 0 atom stereocenters. The average Bonchev–Trinajstić information content (AvgIpc) is 3.26. The number of rotatable bonds is 12. The lowest BCUT2D eigenvalue weighted by Gasteiger charge is -2.13. The van der Waals surface area contributed by atoms with Crippen LogP contribution in [-0.2, 0) is 28.9 Å². The molecule has 4 rings (SSSR count). The van der Waals surface area contributed by atoms with Gasteiger partial charge in [-0.05, 0) is 48.7 Å². The lowest BCUT2D eigenvalue weighted by atomic mass is 10.1. The van der Waals surface area contributed by atoms with Crippen LogP contribution in [0.4, 0.5) is 5.82 Å². The maximum absolute atomic E-state index is 11.3. The number of nitrogen functional groups attached to an aromatic ring is 1. The Hall–Kier alpha value is -3.37. The van der Waals surface area contributed by atoms with E-state index in [-0.39, 0.29) is 22.7 Å². The molecule has 5 N–H and O–H groups in total. The number of hydrogen-bond donors (Lipinski definition) is 4. The molecule has 2 heterocycles. The van der Waals surface area contributed by atoms with Crippen LogP contribution in [-0.4, -0.2) is 55.7 Å². The second-order valence-electron chi connectivity index (χ2n) is 8.92. The molecular formula is C27H32BrN5O4. The zero-order valence-corrected chi connectivity index (χ0v) is 22.4. The number of phenolic OH excluding ortho intramolecular Hbond substituents is 2. The minimum atomic E-state index is -0.0668. The van der Waals surface area contributed by atoms with Crippen molar-refractivity contribution in [1.82, 2.24) is 19.9 Å². The van der Waals surface area contributed by atoms with Crippen molar-refractivity contribution in [3.8, 4) is 11.5 Å². The van der Waals surface area contributed by atoms with Crippen LogP contribution < -0.4 is 11.1 Å². The summed E-state index contributed by atoms with van der Waals surface area (Å²) in [5.74, 6) is 1.36. The first-order valence-corrected chi connectivity index (χ1v) is 13.5. The highest BCUT2D eigenvalue weighted by Gasteiger charge is 2.19. The van der Waals surface area contributed by atoms with Crippen LogP contribution in [0.25, 0.3) is 21.9 Å². The topological polar surface area (TPSA) is 136 Å². The van der Waals surface area contributed by atoms with Crippen molar-refractivity contribution in [2.24, 2.45) is 0 Å². The van der Waals surface area contributed by atoms with Crippen LogP contribution >= 0.6 is 15.9 Å². The quantitative estimate of drug-likeness (QED) is 0.115. The van der Waals surface area contributed by atoms with E-state index < -0.39 is 0 Å². The van der Waals surface area contributed by atoms with Gasteiger partial charge in [-0.3, -0.25) is 4.79 Å². The molecule has 10 heteroatoms. The minimum absolute atomic E-state index is 0.0668. The number of carbonyl (C=O) groups excluding carboxylic acids is 1. The molecule has 9 nitrogen and oxygen atoms in total. The van der Waals surface area contributed by atoms with Crippen molar-refractivity contribution < 1.29 is 19.7 Å². The summed E-state index contributed by atoms with van der Waals surface area (Å²) >= 11 is 3.12. The van der Waals surface area contributed by atoms with Gasteiger partial charge < -0.3 is 30.6 Å². The van der Waals surface area contributed by atoms with Gasteiger partial charge in [-0.25, -0.2) is 9.97 Å². The normalized spacial score (nSPS) is 11.4. The van der Waals surface area contributed by atoms with Crippen LogP contribution in [0.1, 0.15) is 36.7 Å². The highest BCUT2D eigenvalue weighted by molar-refractivity contribution is 9.09.